The third-order valence-corrected chi connectivity index (χ3v) is 12.1. The van der Waals surface area contributed by atoms with Gasteiger partial charge in [-0.05, 0) is 32.1 Å². The Morgan fingerprint density at radius 1 is 0.565 bits per heavy atom. The van der Waals surface area contributed by atoms with Crippen molar-refractivity contribution in [3.05, 3.63) is 24.3 Å². The Morgan fingerprint density at radius 2 is 1.03 bits per heavy atom. The van der Waals surface area contributed by atoms with Crippen LogP contribution >= 0.6 is 0 Å². The van der Waals surface area contributed by atoms with Crippen LogP contribution in [0.15, 0.2) is 24.3 Å². The number of ether oxygens (including phenoxy) is 4. The number of carbonyl (C=O) groups excluding carboxylic acids is 1. The molecule has 2 heterocycles. The van der Waals surface area contributed by atoms with Crippen LogP contribution in [0.25, 0.3) is 0 Å². The topological polar surface area (TPSA) is 228 Å². The van der Waals surface area contributed by atoms with Gasteiger partial charge in [-0.15, -0.1) is 0 Å². The number of aliphatic hydroxyl groups excluding tert-OH is 8. The summed E-state index contributed by atoms with van der Waals surface area (Å²) >= 11 is 0. The van der Waals surface area contributed by atoms with Crippen LogP contribution in [0.5, 0.6) is 0 Å². The molecule has 0 spiro atoms. The van der Waals surface area contributed by atoms with Crippen molar-refractivity contribution >= 4 is 5.91 Å². The summed E-state index contributed by atoms with van der Waals surface area (Å²) in [5.41, 5.74) is 0. The highest BCUT2D eigenvalue weighted by Gasteiger charge is 2.51. The lowest BCUT2D eigenvalue weighted by Gasteiger charge is -2.46. The Balaban J connectivity index is 1.84. The molecule has 14 nitrogen and oxygen atoms in total. The van der Waals surface area contributed by atoms with Crippen LogP contribution in [-0.4, -0.2) is 140 Å². The van der Waals surface area contributed by atoms with Crippen LogP contribution in [0.2, 0.25) is 0 Å². The van der Waals surface area contributed by atoms with Crippen LogP contribution < -0.4 is 5.32 Å². The smallest absolute Gasteiger partial charge is 0.220 e. The van der Waals surface area contributed by atoms with Gasteiger partial charge in [-0.2, -0.15) is 0 Å². The molecule has 0 aromatic carbocycles. The lowest BCUT2D eigenvalue weighted by molar-refractivity contribution is -0.359. The first-order valence-corrected chi connectivity index (χ1v) is 24.6. The van der Waals surface area contributed by atoms with Gasteiger partial charge in [-0.3, -0.25) is 4.79 Å². The fourth-order valence-electron chi connectivity index (χ4n) is 8.07. The summed E-state index contributed by atoms with van der Waals surface area (Å²) in [6.45, 7) is 2.72. The fourth-order valence-corrected chi connectivity index (χ4v) is 8.07. The van der Waals surface area contributed by atoms with E-state index in [-0.39, 0.29) is 18.9 Å². The minimum Gasteiger partial charge on any atom is -0.394 e. The second-order valence-corrected chi connectivity index (χ2v) is 17.6. The fraction of sp³-hybridized carbons (Fsp3) is 0.896. The van der Waals surface area contributed by atoms with Gasteiger partial charge in [0.15, 0.2) is 12.6 Å². The van der Waals surface area contributed by atoms with E-state index >= 15 is 0 Å². The predicted octanol–water partition coefficient (Wildman–Crippen LogP) is 5.77. The number of carbonyl (C=O) groups is 1. The highest BCUT2D eigenvalue weighted by atomic mass is 16.7. The molecule has 2 aliphatic heterocycles. The van der Waals surface area contributed by atoms with Gasteiger partial charge in [0.2, 0.25) is 5.91 Å². The number of hydrogen-bond acceptors (Lipinski definition) is 13. The van der Waals surface area contributed by atoms with Gasteiger partial charge < -0.3 is 65.1 Å². The quantitative estimate of drug-likeness (QED) is 0.0267. The van der Waals surface area contributed by atoms with Crippen LogP contribution in [0.1, 0.15) is 181 Å². The van der Waals surface area contributed by atoms with Gasteiger partial charge in [0, 0.05) is 6.42 Å². The van der Waals surface area contributed by atoms with Crippen LogP contribution in [0.3, 0.4) is 0 Å². The molecular weight excluding hydrogens is 799 g/mol. The van der Waals surface area contributed by atoms with Crippen molar-refractivity contribution in [2.75, 3.05) is 19.8 Å². The lowest BCUT2D eigenvalue weighted by Crippen LogP contribution is -2.65. The normalized spacial score (nSPS) is 27.9. The first-order chi connectivity index (χ1) is 30.1. The number of aliphatic hydroxyl groups is 8. The summed E-state index contributed by atoms with van der Waals surface area (Å²) in [5, 5.41) is 86.4. The van der Waals surface area contributed by atoms with E-state index in [0.717, 1.165) is 32.1 Å². The molecule has 14 heteroatoms. The second-order valence-electron chi connectivity index (χ2n) is 17.6. The van der Waals surface area contributed by atoms with Crippen molar-refractivity contribution in [1.29, 1.82) is 0 Å². The predicted molar refractivity (Wildman–Crippen MR) is 240 cm³/mol. The number of amides is 1. The van der Waals surface area contributed by atoms with E-state index in [9.17, 15) is 45.6 Å². The second kappa shape index (κ2) is 35.7. The zero-order valence-corrected chi connectivity index (χ0v) is 38.4. The highest BCUT2D eigenvalue weighted by Crippen LogP contribution is 2.30. The van der Waals surface area contributed by atoms with Gasteiger partial charge in [0.05, 0.1) is 32.0 Å². The van der Waals surface area contributed by atoms with E-state index in [1.165, 1.54) is 116 Å². The molecule has 2 saturated heterocycles. The SMILES string of the molecule is CCCCCCCCCCCCCCCC/C=C/CC/C=C/C(O)C(COC1OC(CO)C(OC2OC(CO)C(O)C(O)C2O)C(O)C1O)NC(=O)CCCCCCCCCC. The molecule has 9 N–H and O–H groups in total. The Bertz CT molecular complexity index is 1140. The molecule has 0 saturated carbocycles. The van der Waals surface area contributed by atoms with Gasteiger partial charge in [0.25, 0.3) is 0 Å². The average molecular weight is 888 g/mol. The number of allylic oxidation sites excluding steroid dienone is 3. The molecule has 0 aromatic rings. The summed E-state index contributed by atoms with van der Waals surface area (Å²) in [4.78, 5) is 13.0. The highest BCUT2D eigenvalue weighted by molar-refractivity contribution is 5.76. The third kappa shape index (κ3) is 23.1. The molecule has 2 rings (SSSR count). The van der Waals surface area contributed by atoms with E-state index in [1.54, 1.807) is 6.08 Å². The molecular formula is C48H89NO13. The zero-order chi connectivity index (χ0) is 45.4. The molecule has 0 aromatic heterocycles. The minimum atomic E-state index is -1.79. The van der Waals surface area contributed by atoms with E-state index in [4.69, 9.17) is 18.9 Å². The van der Waals surface area contributed by atoms with E-state index in [0.29, 0.717) is 12.8 Å². The molecule has 0 aliphatic carbocycles. The summed E-state index contributed by atoms with van der Waals surface area (Å²) in [6, 6.07) is -0.924. The lowest BCUT2D eigenvalue weighted by atomic mass is 9.97. The summed E-state index contributed by atoms with van der Waals surface area (Å²) in [6.07, 6.45) is 21.1. The Kier molecular flexibility index (Phi) is 32.6. The van der Waals surface area contributed by atoms with E-state index in [1.807, 2.05) is 6.08 Å². The van der Waals surface area contributed by atoms with Crippen LogP contribution in [0.4, 0.5) is 0 Å². The summed E-state index contributed by atoms with van der Waals surface area (Å²) in [5.74, 6) is -0.255. The molecule has 0 bridgehead atoms. The third-order valence-electron chi connectivity index (χ3n) is 12.1. The monoisotopic (exact) mass is 888 g/mol. The maximum absolute atomic E-state index is 13.0. The van der Waals surface area contributed by atoms with Crippen molar-refractivity contribution in [2.24, 2.45) is 0 Å². The molecule has 12 atom stereocenters. The van der Waals surface area contributed by atoms with Gasteiger partial charge in [0.1, 0.15) is 48.8 Å². The zero-order valence-electron chi connectivity index (χ0n) is 38.4. The Labute approximate surface area is 373 Å². The maximum atomic E-state index is 13.0. The number of rotatable bonds is 37. The largest absolute Gasteiger partial charge is 0.394 e. The van der Waals surface area contributed by atoms with Gasteiger partial charge >= 0.3 is 0 Å². The van der Waals surface area contributed by atoms with Crippen molar-refractivity contribution in [2.45, 2.75) is 254 Å². The summed E-state index contributed by atoms with van der Waals surface area (Å²) < 4.78 is 22.6. The van der Waals surface area contributed by atoms with Gasteiger partial charge in [-0.25, -0.2) is 0 Å². The molecule has 0 radical (unpaired) electrons. The standard InChI is InChI=1S/C48H89NO13/c1-3-5-7-9-11-13-14-15-16-17-18-19-20-21-22-23-24-25-27-29-31-37(52)36(49-40(53)32-30-28-26-12-10-8-6-4-2)35-59-47-45(58)43(56)46(39(34-51)61-47)62-48-44(57)42(55)41(54)38(33-50)60-48/h23-24,29,31,36-39,41-48,50-52,54-58H,3-22,25-28,30,32-35H2,1-2H3,(H,49,53)/b24-23+,31-29+. The maximum Gasteiger partial charge on any atom is 0.220 e. The first kappa shape index (κ1) is 56.6. The minimum absolute atomic E-state index is 0.255. The molecule has 62 heavy (non-hydrogen) atoms. The van der Waals surface area contributed by atoms with Crippen molar-refractivity contribution in [3.8, 4) is 0 Å². The Morgan fingerprint density at radius 3 is 1.58 bits per heavy atom. The van der Waals surface area contributed by atoms with Crippen molar-refractivity contribution < 1.29 is 64.6 Å². The Hall–Kier alpha value is -1.53. The van der Waals surface area contributed by atoms with E-state index < -0.39 is 86.8 Å². The molecule has 364 valence electrons. The van der Waals surface area contributed by atoms with Crippen molar-refractivity contribution in [1.82, 2.24) is 5.32 Å². The molecule has 12 unspecified atom stereocenters. The molecule has 2 fully saturated rings. The molecule has 1 amide bonds. The number of nitrogens with one attached hydrogen (secondary N) is 1. The van der Waals surface area contributed by atoms with Crippen molar-refractivity contribution in [3.63, 3.8) is 0 Å². The van der Waals surface area contributed by atoms with E-state index in [2.05, 4.69) is 31.3 Å². The summed E-state index contributed by atoms with van der Waals surface area (Å²) in [7, 11) is 0. The number of hydrogen-bond donors (Lipinski definition) is 9. The molecule has 2 aliphatic rings. The number of unbranched alkanes of at least 4 members (excludes halogenated alkanes) is 22. The average Bonchev–Trinajstić information content (AvgIpc) is 3.27. The first-order valence-electron chi connectivity index (χ1n) is 24.6. The van der Waals surface area contributed by atoms with Crippen LogP contribution in [0, 0.1) is 0 Å². The van der Waals surface area contributed by atoms with Crippen LogP contribution in [-0.2, 0) is 23.7 Å². The van der Waals surface area contributed by atoms with Gasteiger partial charge in [-0.1, -0.05) is 167 Å².